The number of para-hydroxylation sites is 4. The maximum absolute atomic E-state index is 6.57. The number of rotatable bonds is 4. The van der Waals surface area contributed by atoms with Crippen molar-refractivity contribution in [2.45, 2.75) is 26.2 Å². The van der Waals surface area contributed by atoms with Gasteiger partial charge >= 0.3 is 0 Å². The van der Waals surface area contributed by atoms with Gasteiger partial charge in [-0.05, 0) is 58.5 Å². The number of fused-ring (bicyclic) bond motifs is 4. The highest BCUT2D eigenvalue weighted by Crippen LogP contribution is 2.44. The van der Waals surface area contributed by atoms with Gasteiger partial charge in [-0.2, -0.15) is 0 Å². The summed E-state index contributed by atoms with van der Waals surface area (Å²) in [4.78, 5) is 5.32. The Morgan fingerprint density at radius 3 is 1.84 bits per heavy atom. The lowest BCUT2D eigenvalue weighted by molar-refractivity contribution is 0.590. The van der Waals surface area contributed by atoms with E-state index >= 15 is 0 Å². The zero-order valence-electron chi connectivity index (χ0n) is 25.1. The minimum absolute atomic E-state index is 0.0503. The van der Waals surface area contributed by atoms with E-state index in [-0.39, 0.29) is 5.41 Å². The van der Waals surface area contributed by atoms with Gasteiger partial charge < -0.3 is 4.42 Å². The minimum atomic E-state index is -0.0503. The van der Waals surface area contributed by atoms with E-state index < -0.39 is 0 Å². The molecule has 8 rings (SSSR count). The van der Waals surface area contributed by atoms with Crippen LogP contribution in [-0.4, -0.2) is 9.55 Å². The summed E-state index contributed by atoms with van der Waals surface area (Å²) in [5.41, 5.74) is 11.7. The second-order valence-corrected chi connectivity index (χ2v) is 12.4. The molecule has 0 fully saturated rings. The molecule has 6 aromatic carbocycles. The van der Waals surface area contributed by atoms with Crippen molar-refractivity contribution in [1.29, 1.82) is 0 Å². The van der Waals surface area contributed by atoms with Crippen LogP contribution in [0.15, 0.2) is 144 Å². The predicted molar refractivity (Wildman–Crippen MR) is 183 cm³/mol. The Bertz CT molecular complexity index is 2240. The summed E-state index contributed by atoms with van der Waals surface area (Å²) in [7, 11) is 0. The maximum Gasteiger partial charge on any atom is 0.149 e. The van der Waals surface area contributed by atoms with E-state index in [1.807, 2.05) is 12.1 Å². The van der Waals surface area contributed by atoms with Crippen LogP contribution in [0.4, 0.5) is 0 Å². The normalized spacial score (nSPS) is 12.0. The summed E-state index contributed by atoms with van der Waals surface area (Å²) < 4.78 is 8.92. The first-order valence-corrected chi connectivity index (χ1v) is 15.2. The lowest BCUT2D eigenvalue weighted by Crippen LogP contribution is -2.13. The minimum Gasteiger partial charge on any atom is -0.455 e. The largest absolute Gasteiger partial charge is 0.455 e. The quantitative estimate of drug-likeness (QED) is 0.211. The number of nitrogens with zero attached hydrogens (tertiary/aromatic N) is 2. The molecule has 44 heavy (non-hydrogen) atoms. The maximum atomic E-state index is 6.57. The van der Waals surface area contributed by atoms with E-state index in [1.54, 1.807) is 0 Å². The highest BCUT2D eigenvalue weighted by molar-refractivity contribution is 6.09. The molecule has 2 heterocycles. The van der Waals surface area contributed by atoms with E-state index in [1.165, 1.54) is 5.56 Å². The predicted octanol–water partition coefficient (Wildman–Crippen LogP) is 11.2. The van der Waals surface area contributed by atoms with Gasteiger partial charge in [0.15, 0.2) is 0 Å². The van der Waals surface area contributed by atoms with Crippen molar-refractivity contribution >= 4 is 33.0 Å². The Morgan fingerprint density at radius 1 is 0.568 bits per heavy atom. The Hall–Kier alpha value is -5.41. The van der Waals surface area contributed by atoms with Crippen LogP contribution in [0.25, 0.3) is 72.3 Å². The van der Waals surface area contributed by atoms with E-state index in [0.29, 0.717) is 0 Å². The fraction of sp³-hybridized carbons (Fsp3) is 0.0976. The van der Waals surface area contributed by atoms with E-state index in [0.717, 1.165) is 72.3 Å². The molecule has 3 nitrogen and oxygen atoms in total. The average Bonchev–Trinajstić information content (AvgIpc) is 3.63. The summed E-state index contributed by atoms with van der Waals surface area (Å²) in [6, 6.07) is 49.3. The van der Waals surface area contributed by atoms with Crippen molar-refractivity contribution in [3.63, 3.8) is 0 Å². The standard InChI is InChI=1S/C41H32N2O/c1-41(2,3)29-25-33(27-15-6-4-7-16-27)38(34(26-29)28-17-8-5-9-18-28)43-36-23-12-11-22-35(36)42-40(43)32-21-14-20-31-30-19-10-13-24-37(30)44-39(31)32/h4-26H,1-3H3. The summed E-state index contributed by atoms with van der Waals surface area (Å²) in [5, 5.41) is 2.20. The molecule has 0 spiro atoms. The molecule has 3 heteroatoms. The Kier molecular flexibility index (Phi) is 6.02. The van der Waals surface area contributed by atoms with Crippen molar-refractivity contribution in [1.82, 2.24) is 9.55 Å². The van der Waals surface area contributed by atoms with Crippen LogP contribution in [-0.2, 0) is 5.41 Å². The van der Waals surface area contributed by atoms with Crippen LogP contribution in [0.2, 0.25) is 0 Å². The van der Waals surface area contributed by atoms with Gasteiger partial charge in [-0.3, -0.25) is 4.57 Å². The third kappa shape index (κ3) is 4.24. The molecular weight excluding hydrogens is 536 g/mol. The van der Waals surface area contributed by atoms with E-state index in [4.69, 9.17) is 9.40 Å². The summed E-state index contributed by atoms with van der Waals surface area (Å²) in [6.07, 6.45) is 0. The van der Waals surface area contributed by atoms with Crippen molar-refractivity contribution in [2.75, 3.05) is 0 Å². The Balaban J connectivity index is 1.55. The van der Waals surface area contributed by atoms with Gasteiger partial charge in [0.1, 0.15) is 17.0 Å². The Labute approximate surface area is 257 Å². The van der Waals surface area contributed by atoms with Gasteiger partial charge in [0.05, 0.1) is 22.3 Å². The summed E-state index contributed by atoms with van der Waals surface area (Å²) in [6.45, 7) is 6.85. The number of benzene rings is 6. The molecule has 0 saturated carbocycles. The number of furan rings is 1. The van der Waals surface area contributed by atoms with Crippen LogP contribution in [0.5, 0.6) is 0 Å². The monoisotopic (exact) mass is 568 g/mol. The molecule has 8 aromatic rings. The fourth-order valence-corrected chi connectivity index (χ4v) is 6.34. The first-order valence-electron chi connectivity index (χ1n) is 15.2. The third-order valence-electron chi connectivity index (χ3n) is 8.58. The van der Waals surface area contributed by atoms with Gasteiger partial charge in [-0.15, -0.1) is 0 Å². The van der Waals surface area contributed by atoms with Gasteiger partial charge in [0.25, 0.3) is 0 Å². The van der Waals surface area contributed by atoms with Crippen LogP contribution < -0.4 is 0 Å². The first-order chi connectivity index (χ1) is 21.5. The van der Waals surface area contributed by atoms with Crippen LogP contribution >= 0.6 is 0 Å². The average molecular weight is 569 g/mol. The van der Waals surface area contributed by atoms with Crippen LogP contribution in [0.1, 0.15) is 26.3 Å². The molecule has 0 N–H and O–H groups in total. The van der Waals surface area contributed by atoms with Gasteiger partial charge in [0.2, 0.25) is 0 Å². The van der Waals surface area contributed by atoms with Crippen molar-refractivity contribution < 1.29 is 4.42 Å². The van der Waals surface area contributed by atoms with Gasteiger partial charge in [-0.25, -0.2) is 4.98 Å². The third-order valence-corrected chi connectivity index (χ3v) is 8.58. The number of hydrogen-bond acceptors (Lipinski definition) is 2. The number of imidazole rings is 1. The lowest BCUT2D eigenvalue weighted by atomic mass is 9.82. The van der Waals surface area contributed by atoms with Gasteiger partial charge in [-0.1, -0.05) is 124 Å². The SMILES string of the molecule is CC(C)(C)c1cc(-c2ccccc2)c(-n2c(-c3cccc4c3oc3ccccc34)nc3ccccc32)c(-c2ccccc2)c1. The molecule has 2 aromatic heterocycles. The molecule has 0 unspecified atom stereocenters. The molecule has 0 saturated heterocycles. The number of aromatic nitrogens is 2. The zero-order valence-corrected chi connectivity index (χ0v) is 25.1. The molecule has 0 bridgehead atoms. The summed E-state index contributed by atoms with van der Waals surface area (Å²) >= 11 is 0. The smallest absolute Gasteiger partial charge is 0.149 e. The second-order valence-electron chi connectivity index (χ2n) is 12.4. The molecule has 0 aliphatic heterocycles. The molecule has 0 amide bonds. The molecule has 0 aliphatic carbocycles. The highest BCUT2D eigenvalue weighted by Gasteiger charge is 2.26. The topological polar surface area (TPSA) is 31.0 Å². The summed E-state index contributed by atoms with van der Waals surface area (Å²) in [5.74, 6) is 0.855. The highest BCUT2D eigenvalue weighted by atomic mass is 16.3. The van der Waals surface area contributed by atoms with Crippen LogP contribution in [0, 0.1) is 0 Å². The first kappa shape index (κ1) is 26.2. The van der Waals surface area contributed by atoms with E-state index in [2.05, 4.69) is 153 Å². The van der Waals surface area contributed by atoms with Gasteiger partial charge in [0, 0.05) is 21.9 Å². The van der Waals surface area contributed by atoms with Crippen molar-refractivity contribution in [3.8, 4) is 39.3 Å². The van der Waals surface area contributed by atoms with E-state index in [9.17, 15) is 0 Å². The Morgan fingerprint density at radius 2 is 1.16 bits per heavy atom. The van der Waals surface area contributed by atoms with Crippen LogP contribution in [0.3, 0.4) is 0 Å². The molecule has 0 radical (unpaired) electrons. The fourth-order valence-electron chi connectivity index (χ4n) is 6.34. The lowest BCUT2D eigenvalue weighted by Gasteiger charge is -2.26. The number of hydrogen-bond donors (Lipinski definition) is 0. The molecule has 0 aliphatic rings. The molecular formula is C41H32N2O. The van der Waals surface area contributed by atoms with Crippen molar-refractivity contribution in [2.24, 2.45) is 0 Å². The van der Waals surface area contributed by atoms with Crippen molar-refractivity contribution in [3.05, 3.63) is 145 Å². The molecule has 0 atom stereocenters. The zero-order chi connectivity index (χ0) is 29.8. The second kappa shape index (κ2) is 10.1. The molecule has 212 valence electrons.